The van der Waals surface area contributed by atoms with Crippen LogP contribution in [0.25, 0.3) is 10.2 Å². The smallest absolute Gasteiger partial charge is 0.316 e. The van der Waals surface area contributed by atoms with Gasteiger partial charge in [-0.25, -0.2) is 14.6 Å². The van der Waals surface area contributed by atoms with Crippen LogP contribution in [-0.2, 0) is 14.3 Å². The molecule has 1 saturated carbocycles. The monoisotopic (exact) mass is 417 g/mol. The Labute approximate surface area is 169 Å². The maximum Gasteiger partial charge on any atom is 0.316 e. The summed E-state index contributed by atoms with van der Waals surface area (Å²) in [5, 5.41) is 10.7. The van der Waals surface area contributed by atoms with Gasteiger partial charge in [-0.2, -0.15) is 5.10 Å². The van der Waals surface area contributed by atoms with Crippen LogP contribution in [0.15, 0.2) is 35.1 Å². The Hall–Kier alpha value is -2.46. The van der Waals surface area contributed by atoms with Gasteiger partial charge in [0.05, 0.1) is 18.0 Å². The largest absolute Gasteiger partial charge is 0.455 e. The number of thioether (sulfide) groups is 1. The number of thiophene rings is 1. The molecule has 3 heterocycles. The Kier molecular flexibility index (Phi) is 5.87. The number of rotatable bonds is 7. The van der Waals surface area contributed by atoms with Gasteiger partial charge in [0.15, 0.2) is 6.61 Å². The summed E-state index contributed by atoms with van der Waals surface area (Å²) in [4.78, 5) is 33.4. The molecule has 1 amide bonds. The molecule has 0 spiro atoms. The number of carbonyl (C=O) groups is 2. The van der Waals surface area contributed by atoms with Gasteiger partial charge in [0.1, 0.15) is 22.0 Å². The molecule has 1 fully saturated rings. The number of aromatic nitrogens is 4. The van der Waals surface area contributed by atoms with Crippen LogP contribution >= 0.6 is 23.1 Å². The Morgan fingerprint density at radius 2 is 2.14 bits per heavy atom. The number of hydrogen-bond donors (Lipinski definition) is 1. The van der Waals surface area contributed by atoms with E-state index in [0.29, 0.717) is 11.9 Å². The Morgan fingerprint density at radius 1 is 1.29 bits per heavy atom. The van der Waals surface area contributed by atoms with Crippen LogP contribution in [-0.4, -0.2) is 44.0 Å². The zero-order valence-corrected chi connectivity index (χ0v) is 16.7. The van der Waals surface area contributed by atoms with Gasteiger partial charge in [0.25, 0.3) is 5.91 Å². The summed E-state index contributed by atoms with van der Waals surface area (Å²) in [7, 11) is 0. The summed E-state index contributed by atoms with van der Waals surface area (Å²) < 4.78 is 6.94. The Bertz CT molecular complexity index is 980. The van der Waals surface area contributed by atoms with Crippen molar-refractivity contribution in [2.45, 2.75) is 36.8 Å². The highest BCUT2D eigenvalue weighted by molar-refractivity contribution is 8.00. The van der Waals surface area contributed by atoms with E-state index in [2.05, 4.69) is 20.4 Å². The lowest BCUT2D eigenvalue weighted by Crippen LogP contribution is -2.23. The number of anilines is 1. The normalized spacial score (nSPS) is 14.4. The Morgan fingerprint density at radius 3 is 3.00 bits per heavy atom. The molecular weight excluding hydrogens is 398 g/mol. The summed E-state index contributed by atoms with van der Waals surface area (Å²) in [6, 6.07) is 4.01. The van der Waals surface area contributed by atoms with Crippen LogP contribution in [0.4, 0.5) is 5.82 Å². The van der Waals surface area contributed by atoms with Crippen LogP contribution in [0.3, 0.4) is 0 Å². The van der Waals surface area contributed by atoms with Gasteiger partial charge in [0, 0.05) is 11.5 Å². The number of esters is 1. The van der Waals surface area contributed by atoms with Crippen LogP contribution in [0, 0.1) is 0 Å². The lowest BCUT2D eigenvalue weighted by atomic mass is 10.2. The van der Waals surface area contributed by atoms with Crippen molar-refractivity contribution >= 4 is 51.0 Å². The van der Waals surface area contributed by atoms with Gasteiger partial charge in [-0.1, -0.05) is 24.6 Å². The maximum atomic E-state index is 12.1. The minimum absolute atomic E-state index is 0.0786. The van der Waals surface area contributed by atoms with E-state index in [1.165, 1.54) is 42.3 Å². The molecule has 8 nitrogen and oxygen atoms in total. The fourth-order valence-electron chi connectivity index (χ4n) is 3.23. The second kappa shape index (κ2) is 8.70. The van der Waals surface area contributed by atoms with Crippen molar-refractivity contribution < 1.29 is 14.3 Å². The lowest BCUT2D eigenvalue weighted by molar-refractivity contribution is -0.144. The predicted octanol–water partition coefficient (Wildman–Crippen LogP) is 3.28. The quantitative estimate of drug-likeness (QED) is 0.358. The molecule has 0 saturated heterocycles. The molecule has 28 heavy (non-hydrogen) atoms. The topological polar surface area (TPSA) is 99.0 Å². The number of hydrogen-bond acceptors (Lipinski definition) is 8. The van der Waals surface area contributed by atoms with Crippen molar-refractivity contribution in [2.75, 3.05) is 17.7 Å². The molecule has 0 unspecified atom stereocenters. The SMILES string of the molecule is O=C(COC(=O)CSc1ncnc2sccc12)Nc1ccnn1C1CCCC1. The summed E-state index contributed by atoms with van der Waals surface area (Å²) in [6.45, 7) is -0.327. The van der Waals surface area contributed by atoms with E-state index in [0.717, 1.165) is 28.1 Å². The van der Waals surface area contributed by atoms with E-state index >= 15 is 0 Å². The molecule has 0 bridgehead atoms. The molecule has 146 valence electrons. The fourth-order valence-corrected chi connectivity index (χ4v) is 4.81. The second-order valence-corrected chi connectivity index (χ2v) is 8.27. The first-order valence-corrected chi connectivity index (χ1v) is 10.9. The highest BCUT2D eigenvalue weighted by atomic mass is 32.2. The van der Waals surface area contributed by atoms with Gasteiger partial charge in [-0.05, 0) is 24.3 Å². The summed E-state index contributed by atoms with van der Waals surface area (Å²) in [6.07, 6.45) is 7.64. The van der Waals surface area contributed by atoms with Gasteiger partial charge in [0.2, 0.25) is 0 Å². The van der Waals surface area contributed by atoms with Gasteiger partial charge < -0.3 is 10.1 Å². The van der Waals surface area contributed by atoms with Crippen LogP contribution in [0.2, 0.25) is 0 Å². The van der Waals surface area contributed by atoms with Crippen molar-refractivity contribution in [1.29, 1.82) is 0 Å². The van der Waals surface area contributed by atoms with E-state index < -0.39 is 5.97 Å². The molecule has 3 aromatic heterocycles. The van der Waals surface area contributed by atoms with Gasteiger partial charge in [-0.3, -0.25) is 9.59 Å². The summed E-state index contributed by atoms with van der Waals surface area (Å²) in [5.41, 5.74) is 0. The zero-order chi connectivity index (χ0) is 19.3. The first-order chi connectivity index (χ1) is 13.7. The molecule has 0 atom stereocenters. The summed E-state index contributed by atoms with van der Waals surface area (Å²) in [5.74, 6) is -0.120. The number of fused-ring (bicyclic) bond motifs is 1. The van der Waals surface area contributed by atoms with Crippen LogP contribution in [0.5, 0.6) is 0 Å². The molecule has 0 aliphatic heterocycles. The summed E-state index contributed by atoms with van der Waals surface area (Å²) >= 11 is 2.80. The molecule has 1 aliphatic rings. The highest BCUT2D eigenvalue weighted by Crippen LogP contribution is 2.31. The lowest BCUT2D eigenvalue weighted by Gasteiger charge is -2.14. The first kappa shape index (κ1) is 18.9. The van der Waals surface area contributed by atoms with Crippen molar-refractivity contribution in [2.24, 2.45) is 0 Å². The van der Waals surface area contributed by atoms with Crippen molar-refractivity contribution in [3.8, 4) is 0 Å². The zero-order valence-electron chi connectivity index (χ0n) is 15.0. The Balaban J connectivity index is 1.25. The third-order valence-electron chi connectivity index (χ3n) is 4.52. The number of nitrogens with zero attached hydrogens (tertiary/aromatic N) is 4. The third-order valence-corrected chi connectivity index (χ3v) is 6.32. The fraction of sp³-hybridized carbons (Fsp3) is 0.389. The van der Waals surface area contributed by atoms with E-state index in [4.69, 9.17) is 4.74 Å². The highest BCUT2D eigenvalue weighted by Gasteiger charge is 2.20. The number of carbonyl (C=O) groups excluding carboxylic acids is 2. The molecule has 1 aliphatic carbocycles. The number of ether oxygens (including phenoxy) is 1. The van der Waals surface area contributed by atoms with Gasteiger partial charge >= 0.3 is 5.97 Å². The van der Waals surface area contributed by atoms with Crippen molar-refractivity contribution in [3.05, 3.63) is 30.0 Å². The van der Waals surface area contributed by atoms with E-state index in [9.17, 15) is 9.59 Å². The molecule has 10 heteroatoms. The molecule has 1 N–H and O–H groups in total. The average Bonchev–Trinajstić information content (AvgIpc) is 3.45. The maximum absolute atomic E-state index is 12.1. The molecule has 0 radical (unpaired) electrons. The average molecular weight is 418 g/mol. The van der Waals surface area contributed by atoms with Crippen molar-refractivity contribution in [1.82, 2.24) is 19.7 Å². The van der Waals surface area contributed by atoms with Crippen molar-refractivity contribution in [3.63, 3.8) is 0 Å². The van der Waals surface area contributed by atoms with E-state index in [1.807, 2.05) is 16.1 Å². The van der Waals surface area contributed by atoms with Crippen LogP contribution < -0.4 is 5.32 Å². The minimum atomic E-state index is -0.466. The molecule has 3 aromatic rings. The first-order valence-electron chi connectivity index (χ1n) is 9.00. The third kappa shape index (κ3) is 4.33. The second-order valence-electron chi connectivity index (χ2n) is 6.42. The van der Waals surface area contributed by atoms with E-state index in [1.54, 1.807) is 12.3 Å². The van der Waals surface area contributed by atoms with E-state index in [-0.39, 0.29) is 18.3 Å². The number of amides is 1. The minimum Gasteiger partial charge on any atom is -0.455 e. The standard InChI is InChI=1S/C18H19N5O3S2/c24-15(22-14-5-7-21-23(14)12-3-1-2-4-12)9-26-16(25)10-28-18-13-6-8-27-17(13)19-11-20-18/h5-8,11-12H,1-4,9-10H2,(H,22,24). The predicted molar refractivity (Wildman–Crippen MR) is 107 cm³/mol. The molecule has 4 rings (SSSR count). The molecular formula is C18H19N5O3S2. The molecule has 0 aromatic carbocycles. The van der Waals surface area contributed by atoms with Gasteiger partial charge in [-0.15, -0.1) is 11.3 Å². The number of nitrogens with one attached hydrogen (secondary N) is 1. The van der Waals surface area contributed by atoms with Crippen LogP contribution in [0.1, 0.15) is 31.7 Å².